The van der Waals surface area contributed by atoms with Crippen molar-refractivity contribution in [3.63, 3.8) is 0 Å². The molecule has 74 valence electrons. The Kier molecular flexibility index (Phi) is 2230. The smallest absolute Gasteiger partial charge is 2.00 e. The van der Waals surface area contributed by atoms with Crippen LogP contribution in [0.3, 0.4) is 0 Å². The summed E-state index contributed by atoms with van der Waals surface area (Å²) >= 11 is 0. The SMILES string of the molecule is [Eu+3].[Eu+3].[Ir+4].[Ir+4].[O-2].[O-2].[O-2].[O-2].[O-2].[O-2].[O-2]. The molecule has 0 amide bonds. The zero-order valence-corrected chi connectivity index (χ0v) is 13.9. The van der Waals surface area contributed by atoms with E-state index < -0.39 is 0 Å². The molecule has 0 fully saturated rings. The van der Waals surface area contributed by atoms with Crippen molar-refractivity contribution in [2.45, 2.75) is 0 Å². The Labute approximate surface area is 173 Å². The third-order valence-electron chi connectivity index (χ3n) is 0. The predicted octanol–water partition coefficient (Wildman–Crippen LogP) is -0.837. The van der Waals surface area contributed by atoms with E-state index in [1.165, 1.54) is 0 Å². The summed E-state index contributed by atoms with van der Waals surface area (Å²) in [4.78, 5) is 0. The second-order valence-electron chi connectivity index (χ2n) is 0. The molecule has 0 saturated carbocycles. The maximum Gasteiger partial charge on any atom is 4.00 e. The summed E-state index contributed by atoms with van der Waals surface area (Å²) in [5.74, 6) is 0. The van der Waals surface area contributed by atoms with Crippen LogP contribution in [0.2, 0.25) is 0 Å². The van der Waals surface area contributed by atoms with Gasteiger partial charge in [0.1, 0.15) is 0 Å². The van der Waals surface area contributed by atoms with Gasteiger partial charge in [0.15, 0.2) is 0 Å². The van der Waals surface area contributed by atoms with Crippen LogP contribution in [0.5, 0.6) is 0 Å². The molecule has 11 heavy (non-hydrogen) atoms. The van der Waals surface area contributed by atoms with Gasteiger partial charge in [0.05, 0.1) is 0 Å². The predicted molar refractivity (Wildman–Crippen MR) is 4.81 cm³/mol. The van der Waals surface area contributed by atoms with Crippen molar-refractivity contribution < 1.29 is 177 Å². The van der Waals surface area contributed by atoms with E-state index >= 15 is 0 Å². The average Bonchev–Trinajstić information content (AvgIpc) is 0. The van der Waals surface area contributed by atoms with Gasteiger partial charge in [0, 0.05) is 0 Å². The Morgan fingerprint density at radius 3 is 0.273 bits per heavy atom. The monoisotopic (exact) mass is 804 g/mol. The first-order valence-corrected chi connectivity index (χ1v) is 0. The van der Waals surface area contributed by atoms with Gasteiger partial charge < -0.3 is 38.3 Å². The van der Waals surface area contributed by atoms with Gasteiger partial charge in [-0.2, -0.15) is 0 Å². The molecular formula is Eu2Ir2O7. The van der Waals surface area contributed by atoms with E-state index in [-0.39, 0.29) is 177 Å². The van der Waals surface area contributed by atoms with Gasteiger partial charge >= 0.3 is 139 Å². The molecule has 2 radical (unpaired) electrons. The second-order valence-corrected chi connectivity index (χ2v) is 0. The Morgan fingerprint density at radius 1 is 0.273 bits per heavy atom. The summed E-state index contributed by atoms with van der Waals surface area (Å²) in [6, 6.07) is 0. The number of rotatable bonds is 0. The molecule has 0 aromatic heterocycles. The summed E-state index contributed by atoms with van der Waals surface area (Å²) in [5, 5.41) is 0. The largest absolute Gasteiger partial charge is 4.00 e. The van der Waals surface area contributed by atoms with Gasteiger partial charge in [0.25, 0.3) is 0 Å². The minimum Gasteiger partial charge on any atom is -2.00 e. The molecule has 0 rings (SSSR count). The Hall–Kier alpha value is 4.19. The molecular weight excluding hydrogens is 800 g/mol. The van der Waals surface area contributed by atoms with Gasteiger partial charge in [-0.15, -0.1) is 0 Å². The molecule has 0 saturated heterocycles. The van der Waals surface area contributed by atoms with E-state index in [1.807, 2.05) is 0 Å². The van der Waals surface area contributed by atoms with Crippen LogP contribution in [-0.4, -0.2) is 0 Å². The quantitative estimate of drug-likeness (QED) is 0.295. The van der Waals surface area contributed by atoms with Crippen LogP contribution in [0.15, 0.2) is 0 Å². The fourth-order valence-electron chi connectivity index (χ4n) is 0. The van der Waals surface area contributed by atoms with Crippen LogP contribution < -0.4 is 0 Å². The van der Waals surface area contributed by atoms with Crippen molar-refractivity contribution in [2.24, 2.45) is 0 Å². The number of hydrogen-bond acceptors (Lipinski definition) is 0. The van der Waals surface area contributed by atoms with Crippen LogP contribution in [0, 0.1) is 98.8 Å². The molecule has 0 spiro atoms. The molecule has 0 aliphatic heterocycles. The molecule has 0 aliphatic rings. The van der Waals surface area contributed by atoms with Crippen molar-refractivity contribution in [3.8, 4) is 0 Å². The summed E-state index contributed by atoms with van der Waals surface area (Å²) in [5.41, 5.74) is 0. The maximum atomic E-state index is 0. The minimum absolute atomic E-state index is 0. The Balaban J connectivity index is 0. The van der Waals surface area contributed by atoms with Crippen molar-refractivity contribution in [1.82, 2.24) is 0 Å². The summed E-state index contributed by atoms with van der Waals surface area (Å²) < 4.78 is 0. The topological polar surface area (TPSA) is 200 Å². The maximum absolute atomic E-state index is 0. The first kappa shape index (κ1) is 174. The molecule has 0 atom stereocenters. The van der Waals surface area contributed by atoms with Crippen LogP contribution >= 0.6 is 0 Å². The Bertz CT molecular complexity index is 14.4. The van der Waals surface area contributed by atoms with E-state index in [9.17, 15) is 0 Å². The fraction of sp³-hybridized carbons (Fsp3) is 0. The van der Waals surface area contributed by atoms with Gasteiger partial charge in [-0.25, -0.2) is 0 Å². The average molecular weight is 800 g/mol. The van der Waals surface area contributed by atoms with E-state index in [0.29, 0.717) is 0 Å². The third kappa shape index (κ3) is 120. The fourth-order valence-corrected chi connectivity index (χ4v) is 0. The zero-order chi connectivity index (χ0) is 0. The molecule has 0 aromatic carbocycles. The van der Waals surface area contributed by atoms with Crippen molar-refractivity contribution in [2.75, 3.05) is 0 Å². The standard InChI is InChI=1S/2Eu.2Ir.7O/q2*+3;2*+4;7*-2. The van der Waals surface area contributed by atoms with E-state index in [1.54, 1.807) is 0 Å². The van der Waals surface area contributed by atoms with Gasteiger partial charge in [-0.3, -0.25) is 0 Å². The molecule has 0 N–H and O–H groups in total. The zero-order valence-electron chi connectivity index (χ0n) is 4.28. The first-order valence-electron chi connectivity index (χ1n) is 0. The van der Waals surface area contributed by atoms with Crippen LogP contribution in [0.25, 0.3) is 0 Å². The van der Waals surface area contributed by atoms with Crippen LogP contribution in [0.1, 0.15) is 0 Å². The molecule has 0 bridgehead atoms. The Morgan fingerprint density at radius 2 is 0.273 bits per heavy atom. The first-order chi connectivity index (χ1) is 0. The van der Waals surface area contributed by atoms with Gasteiger partial charge in [0.2, 0.25) is 0 Å². The van der Waals surface area contributed by atoms with Crippen molar-refractivity contribution >= 4 is 0 Å². The van der Waals surface area contributed by atoms with Crippen LogP contribution in [0.4, 0.5) is 0 Å². The summed E-state index contributed by atoms with van der Waals surface area (Å²) in [6.07, 6.45) is 0. The molecule has 7 nitrogen and oxygen atoms in total. The van der Waals surface area contributed by atoms with Gasteiger partial charge in [-0.05, 0) is 0 Å². The molecule has 11 heteroatoms. The van der Waals surface area contributed by atoms with Crippen LogP contribution in [-0.2, 0) is 78.5 Å². The third-order valence-corrected chi connectivity index (χ3v) is 0. The minimum atomic E-state index is 0. The van der Waals surface area contributed by atoms with E-state index in [0.717, 1.165) is 0 Å². The summed E-state index contributed by atoms with van der Waals surface area (Å²) in [7, 11) is 0. The van der Waals surface area contributed by atoms with Crippen molar-refractivity contribution in [1.29, 1.82) is 0 Å². The number of hydrogen-bond donors (Lipinski definition) is 0. The van der Waals surface area contributed by atoms with Crippen molar-refractivity contribution in [3.05, 3.63) is 0 Å². The normalized spacial score (nSPS) is 0. The second kappa shape index (κ2) is 141. The molecule has 0 aliphatic carbocycles. The van der Waals surface area contributed by atoms with E-state index in [4.69, 9.17) is 0 Å². The van der Waals surface area contributed by atoms with Gasteiger partial charge in [-0.1, -0.05) is 0 Å². The molecule has 0 aromatic rings. The molecule has 0 unspecified atom stereocenters. The summed E-state index contributed by atoms with van der Waals surface area (Å²) in [6.45, 7) is 0. The molecule has 0 heterocycles. The van der Waals surface area contributed by atoms with E-state index in [2.05, 4.69) is 0 Å².